The lowest BCUT2D eigenvalue weighted by molar-refractivity contribution is -0.497. The Labute approximate surface area is 74.3 Å². The Kier molecular flexibility index (Phi) is 2.63. The van der Waals surface area contributed by atoms with Crippen LogP contribution in [0.5, 0.6) is 0 Å². The Balaban J connectivity index is 3.31. The molecule has 1 aromatic rings. The highest BCUT2D eigenvalue weighted by atomic mass is 19.2. The first kappa shape index (κ1) is 10.4. The highest BCUT2D eigenvalue weighted by molar-refractivity contribution is 5.16. The molecule has 0 saturated heterocycles. The predicted octanol–water partition coefficient (Wildman–Crippen LogP) is 1.41. The van der Waals surface area contributed by atoms with Crippen molar-refractivity contribution < 1.29 is 22.5 Å². The highest BCUT2D eigenvalue weighted by Crippen LogP contribution is 2.17. The fourth-order valence-electron chi connectivity index (χ4n) is 0.798. The molecule has 0 unspecified atom stereocenters. The minimum atomic E-state index is -1.90. The van der Waals surface area contributed by atoms with Gasteiger partial charge in [-0.1, -0.05) is 0 Å². The van der Waals surface area contributed by atoms with Gasteiger partial charge in [-0.15, -0.1) is 0 Å². The summed E-state index contributed by atoms with van der Waals surface area (Å²) in [6.45, 7) is -1.34. The number of hydrogen-bond acceptors (Lipinski definition) is 3. The Bertz CT molecular complexity index is 370. The second-order valence-corrected chi connectivity index (χ2v) is 2.29. The molecule has 0 N–H and O–H groups in total. The van der Waals surface area contributed by atoms with Gasteiger partial charge in [0.05, 0.1) is 0 Å². The molecular formula is C6H2F4N2O2. The van der Waals surface area contributed by atoms with Gasteiger partial charge in [0.25, 0.3) is 11.9 Å². The van der Waals surface area contributed by atoms with Gasteiger partial charge in [0.1, 0.15) is 5.56 Å². The molecule has 0 aliphatic heterocycles. The summed E-state index contributed by atoms with van der Waals surface area (Å²) in [7, 11) is 0. The summed E-state index contributed by atoms with van der Waals surface area (Å²) >= 11 is 0. The fourth-order valence-corrected chi connectivity index (χ4v) is 0.798. The smallest absolute Gasteiger partial charge is 0.252 e. The molecule has 0 amide bonds. The van der Waals surface area contributed by atoms with Gasteiger partial charge in [-0.2, -0.15) is 13.8 Å². The van der Waals surface area contributed by atoms with Gasteiger partial charge in [-0.25, -0.2) is 8.78 Å². The van der Waals surface area contributed by atoms with Crippen molar-refractivity contribution in [2.45, 2.75) is 6.54 Å². The Hall–Kier alpha value is -1.73. The lowest BCUT2D eigenvalue weighted by atomic mass is 10.2. The third-order valence-electron chi connectivity index (χ3n) is 1.38. The van der Waals surface area contributed by atoms with Crippen LogP contribution >= 0.6 is 0 Å². The quantitative estimate of drug-likeness (QED) is 0.321. The monoisotopic (exact) mass is 210 g/mol. The van der Waals surface area contributed by atoms with Crippen LogP contribution in [0.15, 0.2) is 0 Å². The summed E-state index contributed by atoms with van der Waals surface area (Å²) in [5, 5.41) is 9.90. The van der Waals surface area contributed by atoms with Crippen LogP contribution in [-0.4, -0.2) is 9.91 Å². The minimum absolute atomic E-state index is 1.11. The molecule has 4 nitrogen and oxygen atoms in total. The van der Waals surface area contributed by atoms with Crippen LogP contribution in [0.1, 0.15) is 5.56 Å². The van der Waals surface area contributed by atoms with Crippen molar-refractivity contribution in [3.63, 3.8) is 0 Å². The summed E-state index contributed by atoms with van der Waals surface area (Å²) in [4.78, 5) is 11.0. The molecule has 1 rings (SSSR count). The molecule has 0 atom stereocenters. The van der Waals surface area contributed by atoms with Crippen molar-refractivity contribution in [2.75, 3.05) is 0 Å². The maximum absolute atomic E-state index is 12.7. The average molecular weight is 210 g/mol. The molecule has 0 bridgehead atoms. The van der Waals surface area contributed by atoms with E-state index in [1.54, 1.807) is 0 Å². The number of halogens is 4. The Morgan fingerprint density at radius 1 is 1.14 bits per heavy atom. The van der Waals surface area contributed by atoms with Crippen LogP contribution < -0.4 is 0 Å². The lowest BCUT2D eigenvalue weighted by Crippen LogP contribution is -2.10. The van der Waals surface area contributed by atoms with Crippen molar-refractivity contribution in [3.8, 4) is 0 Å². The van der Waals surface area contributed by atoms with Crippen LogP contribution in [0.2, 0.25) is 0 Å². The molecule has 76 valence electrons. The maximum atomic E-state index is 12.7. The van der Waals surface area contributed by atoms with E-state index in [1.165, 1.54) is 0 Å². The number of rotatable bonds is 2. The van der Waals surface area contributed by atoms with Gasteiger partial charge in [0.15, 0.2) is 11.6 Å². The molecular weight excluding hydrogens is 208 g/mol. The summed E-state index contributed by atoms with van der Waals surface area (Å²) in [5.41, 5.74) is -1.28. The van der Waals surface area contributed by atoms with E-state index in [0.29, 0.717) is 0 Å². The third-order valence-corrected chi connectivity index (χ3v) is 1.38. The molecule has 0 fully saturated rings. The second kappa shape index (κ2) is 3.56. The van der Waals surface area contributed by atoms with Gasteiger partial charge < -0.3 is 0 Å². The Morgan fingerprint density at radius 2 is 1.57 bits per heavy atom. The van der Waals surface area contributed by atoms with Gasteiger partial charge >= 0.3 is 0 Å². The first-order valence-corrected chi connectivity index (χ1v) is 3.24. The molecule has 0 radical (unpaired) electrons. The van der Waals surface area contributed by atoms with E-state index in [0.717, 1.165) is 0 Å². The molecule has 0 aliphatic rings. The lowest BCUT2D eigenvalue weighted by Gasteiger charge is -2.00. The largest absolute Gasteiger partial charge is 0.264 e. The topological polar surface area (TPSA) is 56.0 Å². The van der Waals surface area contributed by atoms with Crippen LogP contribution in [0, 0.1) is 33.6 Å². The van der Waals surface area contributed by atoms with E-state index in [4.69, 9.17) is 0 Å². The van der Waals surface area contributed by atoms with Crippen molar-refractivity contribution in [1.82, 2.24) is 4.98 Å². The molecule has 0 saturated carbocycles. The Morgan fingerprint density at radius 3 is 1.93 bits per heavy atom. The van der Waals surface area contributed by atoms with Gasteiger partial charge in [0.2, 0.25) is 6.54 Å². The number of hydrogen-bond donors (Lipinski definition) is 0. The third kappa shape index (κ3) is 1.78. The van der Waals surface area contributed by atoms with Crippen molar-refractivity contribution in [2.24, 2.45) is 0 Å². The van der Waals surface area contributed by atoms with Crippen molar-refractivity contribution >= 4 is 0 Å². The normalized spacial score (nSPS) is 10.3. The SMILES string of the molecule is O=[N+]([O-])Cc1c(F)c(F)nc(F)c1F. The van der Waals surface area contributed by atoms with Gasteiger partial charge in [0, 0.05) is 4.92 Å². The molecule has 0 aromatic carbocycles. The summed E-state index contributed by atoms with van der Waals surface area (Å²) in [6.07, 6.45) is 0. The minimum Gasteiger partial charge on any atom is -0.264 e. The van der Waals surface area contributed by atoms with Crippen LogP contribution in [-0.2, 0) is 6.54 Å². The number of nitro groups is 1. The molecule has 8 heteroatoms. The first-order valence-electron chi connectivity index (χ1n) is 3.24. The van der Waals surface area contributed by atoms with Crippen molar-refractivity contribution in [3.05, 3.63) is 39.2 Å². The zero-order chi connectivity index (χ0) is 10.9. The summed E-state index contributed by atoms with van der Waals surface area (Å²) < 4.78 is 50.0. The van der Waals surface area contributed by atoms with Crippen molar-refractivity contribution in [1.29, 1.82) is 0 Å². The predicted molar refractivity (Wildman–Crippen MR) is 34.8 cm³/mol. The van der Waals surface area contributed by atoms with E-state index in [2.05, 4.69) is 4.98 Å². The van der Waals surface area contributed by atoms with Crippen LogP contribution in [0.25, 0.3) is 0 Å². The van der Waals surface area contributed by atoms with E-state index in [1.807, 2.05) is 0 Å². The van der Waals surface area contributed by atoms with E-state index >= 15 is 0 Å². The summed E-state index contributed by atoms with van der Waals surface area (Å²) in [5.74, 6) is -7.50. The highest BCUT2D eigenvalue weighted by Gasteiger charge is 2.23. The van der Waals surface area contributed by atoms with E-state index in [-0.39, 0.29) is 0 Å². The number of aromatic nitrogens is 1. The van der Waals surface area contributed by atoms with Gasteiger partial charge in [-0.05, 0) is 0 Å². The van der Waals surface area contributed by atoms with Gasteiger partial charge in [-0.3, -0.25) is 10.1 Å². The zero-order valence-corrected chi connectivity index (χ0v) is 6.43. The fraction of sp³-hybridized carbons (Fsp3) is 0.167. The van der Waals surface area contributed by atoms with Crippen LogP contribution in [0.4, 0.5) is 17.6 Å². The van der Waals surface area contributed by atoms with Crippen LogP contribution in [0.3, 0.4) is 0 Å². The standard InChI is InChI=1S/C6H2F4N2O2/c7-3-2(1-12(13)14)4(8)6(10)11-5(3)9/h1H2. The molecule has 0 spiro atoms. The average Bonchev–Trinajstić information content (AvgIpc) is 2.09. The molecule has 14 heavy (non-hydrogen) atoms. The molecule has 1 aromatic heterocycles. The molecule has 0 aliphatic carbocycles. The second-order valence-electron chi connectivity index (χ2n) is 2.29. The molecule has 1 heterocycles. The number of nitrogens with zero attached hydrogens (tertiary/aromatic N) is 2. The maximum Gasteiger partial charge on any atom is 0.252 e. The first-order chi connectivity index (χ1) is 6.43. The van der Waals surface area contributed by atoms with E-state index in [9.17, 15) is 27.7 Å². The summed E-state index contributed by atoms with van der Waals surface area (Å²) in [6, 6.07) is 0. The zero-order valence-electron chi connectivity index (χ0n) is 6.43. The van der Waals surface area contributed by atoms with E-state index < -0.39 is 40.6 Å². The number of pyridine rings is 1.